The zero-order valence-electron chi connectivity index (χ0n) is 16.8. The molecule has 0 aliphatic rings. The number of benzene rings is 2. The summed E-state index contributed by atoms with van der Waals surface area (Å²) in [5.74, 6) is 0.821. The highest BCUT2D eigenvalue weighted by Gasteiger charge is 2.21. The van der Waals surface area contributed by atoms with Crippen LogP contribution in [0.4, 0.5) is 5.69 Å². The first-order valence-corrected chi connectivity index (χ1v) is 9.35. The number of nitrogens with one attached hydrogen (secondary N) is 1. The van der Waals surface area contributed by atoms with E-state index >= 15 is 0 Å². The molecule has 0 saturated heterocycles. The molecule has 1 N–H and O–H groups in total. The molecule has 0 aliphatic carbocycles. The molecule has 4 aromatic rings. The number of ether oxygens (including phenoxy) is 3. The predicted octanol–water partition coefficient (Wildman–Crippen LogP) is 4.09. The van der Waals surface area contributed by atoms with E-state index in [2.05, 4.69) is 5.32 Å². The second-order valence-electron chi connectivity index (χ2n) is 6.47. The highest BCUT2D eigenvalue weighted by Crippen LogP contribution is 2.32. The van der Waals surface area contributed by atoms with Crippen molar-refractivity contribution in [1.29, 1.82) is 0 Å². The van der Waals surface area contributed by atoms with E-state index in [1.54, 1.807) is 54.6 Å². The lowest BCUT2D eigenvalue weighted by atomic mass is 10.2. The van der Waals surface area contributed by atoms with Crippen LogP contribution in [0.15, 0.2) is 74.5 Å². The first-order chi connectivity index (χ1) is 15.1. The molecule has 1 amide bonds. The largest absolute Gasteiger partial charge is 0.497 e. The molecule has 0 atom stereocenters. The Balaban J connectivity index is 1.62. The smallest absolute Gasteiger partial charge is 0.262 e. The van der Waals surface area contributed by atoms with Gasteiger partial charge >= 0.3 is 0 Å². The number of fused-ring (bicyclic) bond motifs is 1. The SMILES string of the molecule is COc1ccc(OC)c(NC(=O)COc2c(-c3ccco3)oc3ccccc3c2=O)c1. The molecule has 2 aromatic heterocycles. The van der Waals surface area contributed by atoms with Crippen molar-refractivity contribution in [2.24, 2.45) is 0 Å². The van der Waals surface area contributed by atoms with Gasteiger partial charge in [-0.1, -0.05) is 12.1 Å². The summed E-state index contributed by atoms with van der Waals surface area (Å²) in [4.78, 5) is 25.5. The van der Waals surface area contributed by atoms with Crippen molar-refractivity contribution in [3.8, 4) is 28.8 Å². The summed E-state index contributed by atoms with van der Waals surface area (Å²) in [5, 5.41) is 3.03. The highest BCUT2D eigenvalue weighted by atomic mass is 16.5. The molecule has 8 heteroatoms. The van der Waals surface area contributed by atoms with Crippen LogP contribution in [0.1, 0.15) is 0 Å². The normalized spacial score (nSPS) is 10.6. The lowest BCUT2D eigenvalue weighted by molar-refractivity contribution is -0.118. The molecule has 0 saturated carbocycles. The fraction of sp³-hybridized carbons (Fsp3) is 0.130. The van der Waals surface area contributed by atoms with Gasteiger partial charge in [0.15, 0.2) is 12.4 Å². The van der Waals surface area contributed by atoms with Crippen LogP contribution < -0.4 is 25.0 Å². The molecule has 0 spiro atoms. The molecule has 31 heavy (non-hydrogen) atoms. The van der Waals surface area contributed by atoms with Gasteiger partial charge in [-0.05, 0) is 36.4 Å². The van der Waals surface area contributed by atoms with Crippen LogP contribution in [-0.4, -0.2) is 26.7 Å². The summed E-state index contributed by atoms with van der Waals surface area (Å²) in [7, 11) is 3.01. The van der Waals surface area contributed by atoms with Crippen molar-refractivity contribution >= 4 is 22.6 Å². The number of methoxy groups -OCH3 is 2. The maximum atomic E-state index is 13.0. The number of hydrogen-bond donors (Lipinski definition) is 1. The van der Waals surface area contributed by atoms with Gasteiger partial charge in [0, 0.05) is 6.07 Å². The summed E-state index contributed by atoms with van der Waals surface area (Å²) in [5.41, 5.74) is 0.393. The minimum absolute atomic E-state index is 0.110. The number of carbonyl (C=O) groups is 1. The van der Waals surface area contributed by atoms with Gasteiger partial charge in [-0.2, -0.15) is 0 Å². The van der Waals surface area contributed by atoms with Crippen LogP contribution in [0.3, 0.4) is 0 Å². The van der Waals surface area contributed by atoms with Crippen molar-refractivity contribution in [2.45, 2.75) is 0 Å². The fourth-order valence-corrected chi connectivity index (χ4v) is 3.06. The maximum Gasteiger partial charge on any atom is 0.262 e. The van der Waals surface area contributed by atoms with Gasteiger partial charge in [0.05, 0.1) is 31.6 Å². The van der Waals surface area contributed by atoms with Crippen LogP contribution in [0.2, 0.25) is 0 Å². The second kappa shape index (κ2) is 8.66. The average Bonchev–Trinajstić information content (AvgIpc) is 3.33. The van der Waals surface area contributed by atoms with E-state index < -0.39 is 17.9 Å². The van der Waals surface area contributed by atoms with Gasteiger partial charge in [0.1, 0.15) is 17.1 Å². The van der Waals surface area contributed by atoms with Crippen LogP contribution in [-0.2, 0) is 4.79 Å². The topological polar surface area (TPSA) is 100 Å². The van der Waals surface area contributed by atoms with Gasteiger partial charge in [-0.3, -0.25) is 9.59 Å². The van der Waals surface area contributed by atoms with Gasteiger partial charge in [0.2, 0.25) is 16.9 Å². The number of hydrogen-bond acceptors (Lipinski definition) is 7. The molecule has 0 aliphatic heterocycles. The first kappa shape index (κ1) is 20.1. The zero-order chi connectivity index (χ0) is 21.8. The third kappa shape index (κ3) is 4.09. The number of rotatable bonds is 7. The summed E-state index contributed by atoms with van der Waals surface area (Å²) >= 11 is 0. The van der Waals surface area contributed by atoms with E-state index in [-0.39, 0.29) is 11.5 Å². The molecule has 2 aromatic carbocycles. The van der Waals surface area contributed by atoms with Crippen LogP contribution >= 0.6 is 0 Å². The molecule has 0 fully saturated rings. The second-order valence-corrected chi connectivity index (χ2v) is 6.47. The van der Waals surface area contributed by atoms with Crippen LogP contribution in [0.5, 0.6) is 17.2 Å². The molecule has 8 nitrogen and oxygen atoms in total. The summed E-state index contributed by atoms with van der Waals surface area (Å²) < 4.78 is 27.3. The van der Waals surface area contributed by atoms with Gasteiger partial charge in [-0.15, -0.1) is 0 Å². The predicted molar refractivity (Wildman–Crippen MR) is 114 cm³/mol. The standard InChI is InChI=1S/C23H19NO7/c1-27-14-9-10-18(28-2)16(12-14)24-20(25)13-30-23-21(26)15-6-3-4-7-17(15)31-22(23)19-8-5-11-29-19/h3-12H,13H2,1-2H3,(H,24,25). The Hall–Kier alpha value is -4.20. The Labute approximate surface area is 176 Å². The number of para-hydroxylation sites is 1. The molecular formula is C23H19NO7. The Morgan fingerprint density at radius 2 is 1.87 bits per heavy atom. The van der Waals surface area contributed by atoms with E-state index in [1.165, 1.54) is 20.5 Å². The van der Waals surface area contributed by atoms with Gasteiger partial charge in [0.25, 0.3) is 5.91 Å². The summed E-state index contributed by atoms with van der Waals surface area (Å²) in [6.07, 6.45) is 1.45. The average molecular weight is 421 g/mol. The minimum atomic E-state index is -0.496. The monoisotopic (exact) mass is 421 g/mol. The van der Waals surface area contributed by atoms with E-state index in [1.807, 2.05) is 0 Å². The maximum absolute atomic E-state index is 13.0. The van der Waals surface area contributed by atoms with Crippen molar-refractivity contribution in [3.05, 3.63) is 71.1 Å². The number of carbonyl (C=O) groups excluding carboxylic acids is 1. The van der Waals surface area contributed by atoms with E-state index in [0.717, 1.165) is 0 Å². The van der Waals surface area contributed by atoms with Crippen molar-refractivity contribution in [2.75, 3.05) is 26.1 Å². The molecule has 4 rings (SSSR count). The van der Waals surface area contributed by atoms with Crippen molar-refractivity contribution in [1.82, 2.24) is 0 Å². The highest BCUT2D eigenvalue weighted by molar-refractivity contribution is 5.93. The van der Waals surface area contributed by atoms with Crippen molar-refractivity contribution < 1.29 is 27.8 Å². The Kier molecular flexibility index (Phi) is 5.61. The van der Waals surface area contributed by atoms with Gasteiger partial charge in [-0.25, -0.2) is 0 Å². The van der Waals surface area contributed by atoms with Crippen LogP contribution in [0, 0.1) is 0 Å². The third-order valence-electron chi connectivity index (χ3n) is 4.53. The Morgan fingerprint density at radius 3 is 2.61 bits per heavy atom. The lowest BCUT2D eigenvalue weighted by Gasteiger charge is -2.13. The van der Waals surface area contributed by atoms with E-state index in [0.29, 0.717) is 33.9 Å². The third-order valence-corrected chi connectivity index (χ3v) is 4.53. The Bertz CT molecular complexity index is 1280. The minimum Gasteiger partial charge on any atom is -0.497 e. The Morgan fingerprint density at radius 1 is 1.03 bits per heavy atom. The van der Waals surface area contributed by atoms with Gasteiger partial charge < -0.3 is 28.4 Å². The number of furan rings is 1. The molecular weight excluding hydrogens is 402 g/mol. The quantitative estimate of drug-likeness (QED) is 0.480. The molecule has 2 heterocycles. The summed E-state index contributed by atoms with van der Waals surface area (Å²) in [6, 6.07) is 15.1. The number of amides is 1. The lowest BCUT2D eigenvalue weighted by Crippen LogP contribution is -2.23. The van der Waals surface area contributed by atoms with Crippen LogP contribution in [0.25, 0.3) is 22.5 Å². The van der Waals surface area contributed by atoms with E-state index in [9.17, 15) is 9.59 Å². The zero-order valence-corrected chi connectivity index (χ0v) is 16.8. The number of anilines is 1. The molecule has 0 bridgehead atoms. The van der Waals surface area contributed by atoms with E-state index in [4.69, 9.17) is 23.0 Å². The molecule has 158 valence electrons. The summed E-state index contributed by atoms with van der Waals surface area (Å²) in [6.45, 7) is -0.433. The van der Waals surface area contributed by atoms with Crippen molar-refractivity contribution in [3.63, 3.8) is 0 Å². The molecule has 0 unspecified atom stereocenters. The first-order valence-electron chi connectivity index (χ1n) is 9.35. The fourth-order valence-electron chi connectivity index (χ4n) is 3.06. The molecule has 0 radical (unpaired) electrons.